The van der Waals surface area contributed by atoms with Gasteiger partial charge in [0.2, 0.25) is 47.3 Å². The van der Waals surface area contributed by atoms with E-state index in [9.17, 15) is 63.0 Å². The lowest BCUT2D eigenvalue weighted by Gasteiger charge is -2.26. The molecule has 0 aliphatic heterocycles. The highest BCUT2D eigenvalue weighted by atomic mass is 35.5. The number of likely N-dealkylation sites (N-methyl/N-ethyl adjacent to an activating group) is 2. The molecule has 19 N–H and O–H groups in total. The molecule has 536 valence electrons. The number of primary amides is 1. The quantitative estimate of drug-likeness (QED) is 0.0129. The summed E-state index contributed by atoms with van der Waals surface area (Å²) in [6.07, 6.45) is 1.12. The van der Waals surface area contributed by atoms with Gasteiger partial charge in [0, 0.05) is 61.3 Å². The molecule has 98 heavy (non-hydrogen) atoms. The number of ether oxygens (including phenoxy) is 3. The number of nitrogens with one attached hydrogen (secondary N) is 11. The molecule has 3 aromatic carbocycles. The highest BCUT2D eigenvalue weighted by Gasteiger charge is 2.33. The second kappa shape index (κ2) is 42.6. The minimum absolute atomic E-state index is 0.0320. The lowest BCUT2D eigenvalue weighted by atomic mass is 10.0. The Balaban J connectivity index is 1.29. The smallest absolute Gasteiger partial charge is 0.508 e. The van der Waals surface area contributed by atoms with E-state index in [0.29, 0.717) is 41.1 Å². The van der Waals surface area contributed by atoms with Crippen LogP contribution in [0.2, 0.25) is 5.02 Å². The number of phenols is 1. The maximum absolute atomic E-state index is 14.1. The number of halogens is 1. The van der Waals surface area contributed by atoms with Crippen molar-refractivity contribution in [1.29, 1.82) is 5.41 Å². The van der Waals surface area contributed by atoms with E-state index in [4.69, 9.17) is 48.4 Å². The number of hydrogen-bond acceptors (Lipinski definition) is 21. The van der Waals surface area contributed by atoms with Crippen LogP contribution in [0, 0.1) is 5.41 Å². The van der Waals surface area contributed by atoms with Crippen LogP contribution in [0.4, 0.5) is 15.3 Å². The molecule has 0 bridgehead atoms. The number of aromatic hydroxyl groups is 1. The lowest BCUT2D eigenvalue weighted by Crippen LogP contribution is -2.59. The number of pyridine rings is 1. The SMILES string of the molecule is CCN(CCCC(C)Nc1ccnc2cc(Cl)ccc12)CCOC(=O)OCc1ccc(COC(=O)NC(=N)NCCC[C@H](NC(=O)[C@H](CCCCN)NC(=O)[C@@H](N)CCC(N)=O)C(=O)N[C@@H](C)C(=O)N[C@@H](C)C(=O)N[C@@H](Cc2ccc(O)cc2)C(=O)N[C@@H](CC(=O)O)C(=O)NC)cc1. The Morgan fingerprint density at radius 3 is 1.87 bits per heavy atom. The molecule has 4 aromatic rings. The zero-order chi connectivity index (χ0) is 72.3. The summed E-state index contributed by atoms with van der Waals surface area (Å²) in [7, 11) is 1.24. The molecule has 8 atom stereocenters. The van der Waals surface area contributed by atoms with E-state index in [1.807, 2.05) is 31.2 Å². The number of aliphatic carboxylic acids is 1. The topological polar surface area (TPSA) is 494 Å². The Morgan fingerprint density at radius 2 is 1.23 bits per heavy atom. The predicted molar refractivity (Wildman–Crippen MR) is 362 cm³/mol. The number of alkyl carbamates (subject to hydrolysis) is 1. The summed E-state index contributed by atoms with van der Waals surface area (Å²) < 4.78 is 15.9. The van der Waals surface area contributed by atoms with Gasteiger partial charge in [0.05, 0.1) is 18.0 Å². The maximum Gasteiger partial charge on any atom is 0.508 e. The third kappa shape index (κ3) is 30.0. The number of nitrogens with zero attached hydrogens (tertiary/aromatic N) is 2. The summed E-state index contributed by atoms with van der Waals surface area (Å²) in [4.78, 5) is 149. The fraction of sp³-hybridized carbons (Fsp3) is 0.492. The standard InChI is InChI=1S/C65H93ClN16O16/c1-6-82(30-10-11-38(2)74-48-26-29-72-51-34-44(66)20-23-46(48)51)31-32-96-65(95)98-37-43-16-14-42(15-17-43)36-97-64(94)81-63(70)73-28-9-13-50(78-61(92)49(12-7-8-27-67)77-58(89)47(68)24-25-54(69)84)60(91)76-39(3)56(87)75-40(4)57(88)79-52(33-41-18-21-45(83)22-19-41)62(93)80-53(35-55(85)86)59(90)71-5/h14-23,26,29,34,38-40,47,49-50,52-53,83H,6-13,24-25,27-28,30-33,35-37,67-68H2,1-5H3,(H2,69,84)(H,71,90)(H,72,74)(H,75,87)(H,76,91)(H,77,89)(H,78,92)(H,79,88)(H,80,93)(H,85,86)(H3,70,73,81,94)/t38?,39-,40-,47-,49-,50-,52-,53-/m0/s1. The van der Waals surface area contributed by atoms with Crippen LogP contribution in [0.3, 0.4) is 0 Å². The van der Waals surface area contributed by atoms with Gasteiger partial charge < -0.3 is 94.4 Å². The summed E-state index contributed by atoms with van der Waals surface area (Å²) in [5, 5.41) is 54.8. The zero-order valence-electron chi connectivity index (χ0n) is 55.7. The van der Waals surface area contributed by atoms with Crippen molar-refractivity contribution in [3.63, 3.8) is 0 Å². The summed E-state index contributed by atoms with van der Waals surface area (Å²) >= 11 is 6.15. The van der Waals surface area contributed by atoms with Gasteiger partial charge in [-0.05, 0) is 145 Å². The third-order valence-corrected chi connectivity index (χ3v) is 15.5. The van der Waals surface area contributed by atoms with E-state index in [1.54, 1.807) is 30.5 Å². The molecule has 0 aliphatic carbocycles. The number of hydrogen-bond donors (Lipinski definition) is 16. The van der Waals surface area contributed by atoms with Crippen molar-refractivity contribution >= 4 is 99.6 Å². The summed E-state index contributed by atoms with van der Waals surface area (Å²) in [5.41, 5.74) is 20.4. The number of amides is 9. The molecule has 0 aliphatic rings. The highest BCUT2D eigenvalue weighted by molar-refractivity contribution is 6.31. The van der Waals surface area contributed by atoms with Gasteiger partial charge >= 0.3 is 18.2 Å². The van der Waals surface area contributed by atoms with E-state index in [1.165, 1.54) is 45.2 Å². The van der Waals surface area contributed by atoms with E-state index in [-0.39, 0.29) is 83.2 Å². The van der Waals surface area contributed by atoms with Crippen molar-refractivity contribution in [2.75, 3.05) is 51.7 Å². The Hall–Kier alpha value is -9.92. The molecule has 1 unspecified atom stereocenters. The van der Waals surface area contributed by atoms with Crippen LogP contribution in [-0.2, 0) is 77.0 Å². The van der Waals surface area contributed by atoms with E-state index in [0.717, 1.165) is 42.5 Å². The first-order chi connectivity index (χ1) is 46.7. The molecule has 1 heterocycles. The first kappa shape index (κ1) is 80.5. The molecule has 33 heteroatoms. The van der Waals surface area contributed by atoms with E-state index < -0.39 is 120 Å². The summed E-state index contributed by atoms with van der Waals surface area (Å²) in [5.74, 6) is -8.82. The van der Waals surface area contributed by atoms with Crippen LogP contribution < -0.4 is 70.4 Å². The van der Waals surface area contributed by atoms with Crippen LogP contribution in [0.15, 0.2) is 79.0 Å². The fourth-order valence-corrected chi connectivity index (χ4v) is 9.82. The molecule has 0 fully saturated rings. The van der Waals surface area contributed by atoms with Crippen LogP contribution >= 0.6 is 11.6 Å². The molecule has 9 amide bonds. The van der Waals surface area contributed by atoms with E-state index >= 15 is 0 Å². The normalized spacial score (nSPS) is 13.4. The lowest BCUT2D eigenvalue weighted by molar-refractivity contribution is -0.141. The largest absolute Gasteiger partial charge is 0.508 e. The number of carboxylic acid groups (broad SMARTS) is 1. The number of carbonyl (C=O) groups excluding carboxylic acids is 10. The minimum atomic E-state index is -1.53. The van der Waals surface area contributed by atoms with Crippen LogP contribution in [0.25, 0.3) is 10.9 Å². The number of phenolic OH excluding ortho intramolecular Hbond substituents is 1. The molecule has 4 rings (SSSR count). The third-order valence-electron chi connectivity index (χ3n) is 15.3. The Morgan fingerprint density at radius 1 is 0.653 bits per heavy atom. The van der Waals surface area contributed by atoms with Gasteiger partial charge in [-0.25, -0.2) is 9.59 Å². The summed E-state index contributed by atoms with van der Waals surface area (Å²) in [6, 6.07) is 10.3. The molecule has 0 radical (unpaired) electrons. The highest BCUT2D eigenvalue weighted by Crippen LogP contribution is 2.26. The second-order valence-electron chi connectivity index (χ2n) is 23.2. The van der Waals surface area contributed by atoms with Gasteiger partial charge in [-0.3, -0.25) is 58.9 Å². The van der Waals surface area contributed by atoms with Gasteiger partial charge in [-0.2, -0.15) is 0 Å². The van der Waals surface area contributed by atoms with Crippen molar-refractivity contribution in [3.8, 4) is 5.75 Å². The van der Waals surface area contributed by atoms with Crippen molar-refractivity contribution in [2.24, 2.45) is 17.2 Å². The Kier molecular flexibility index (Phi) is 35.0. The fourth-order valence-electron chi connectivity index (χ4n) is 9.66. The van der Waals surface area contributed by atoms with Crippen LogP contribution in [0.1, 0.15) is 109 Å². The number of nitrogens with two attached hydrogens (primary N) is 3. The van der Waals surface area contributed by atoms with Crippen LogP contribution in [0.5, 0.6) is 5.75 Å². The van der Waals surface area contributed by atoms with Gasteiger partial charge in [0.15, 0.2) is 5.96 Å². The monoisotopic (exact) mass is 1390 g/mol. The summed E-state index contributed by atoms with van der Waals surface area (Å²) in [6.45, 7) is 8.86. The van der Waals surface area contributed by atoms with E-state index in [2.05, 4.69) is 70.0 Å². The number of unbranched alkanes of at least 4 members (excludes halogenated alkanes) is 1. The zero-order valence-corrected chi connectivity index (χ0v) is 56.4. The van der Waals surface area contributed by atoms with Gasteiger partial charge in [-0.1, -0.05) is 54.9 Å². The average molecular weight is 1390 g/mol. The van der Waals surface area contributed by atoms with Gasteiger partial charge in [0.25, 0.3) is 0 Å². The molecule has 0 spiro atoms. The maximum atomic E-state index is 14.1. The number of carbonyl (C=O) groups is 11. The number of fused-ring (bicyclic) bond motifs is 1. The van der Waals surface area contributed by atoms with Gasteiger partial charge in [0.1, 0.15) is 61.8 Å². The molecule has 32 nitrogen and oxygen atoms in total. The molecular formula is C65H93ClN16O16. The number of guanidine groups is 1. The van der Waals surface area contributed by atoms with Crippen LogP contribution in [-0.4, -0.2) is 186 Å². The number of carboxylic acids is 1. The van der Waals surface area contributed by atoms with Crippen molar-refractivity contribution in [3.05, 3.63) is 101 Å². The van der Waals surface area contributed by atoms with Crippen molar-refractivity contribution in [2.45, 2.75) is 160 Å². The Bertz CT molecular complexity index is 3330. The number of benzene rings is 3. The van der Waals surface area contributed by atoms with Crippen molar-refractivity contribution < 1.29 is 77.2 Å². The first-order valence-electron chi connectivity index (χ1n) is 32.1. The van der Waals surface area contributed by atoms with Crippen molar-refractivity contribution in [1.82, 2.24) is 57.7 Å². The predicted octanol–water partition coefficient (Wildman–Crippen LogP) is 1.51. The molecular weight excluding hydrogens is 1300 g/mol. The average Bonchev–Trinajstić information content (AvgIpc) is 0.828. The Labute approximate surface area is 572 Å². The minimum Gasteiger partial charge on any atom is -0.508 e. The molecule has 0 saturated heterocycles. The first-order valence-corrected chi connectivity index (χ1v) is 32.5. The van der Waals surface area contributed by atoms with Gasteiger partial charge in [-0.15, -0.1) is 0 Å². The molecule has 0 saturated carbocycles. The number of aromatic nitrogens is 1. The molecule has 1 aromatic heterocycles. The number of rotatable bonds is 42. The number of anilines is 1. The second-order valence-corrected chi connectivity index (χ2v) is 23.6.